The number of aromatic nitrogens is 2. The molecule has 3 aromatic rings. The summed E-state index contributed by atoms with van der Waals surface area (Å²) in [6, 6.07) is 16.0. The fraction of sp³-hybridized carbons (Fsp3) is 0.273. The van der Waals surface area contributed by atoms with E-state index in [1.165, 1.54) is 4.90 Å². The van der Waals surface area contributed by atoms with Gasteiger partial charge in [0.25, 0.3) is 5.91 Å². The smallest absolute Gasteiger partial charge is 0.380 e. The molecular formula is C22H21F3N4O. The van der Waals surface area contributed by atoms with Gasteiger partial charge in [0.05, 0.1) is 17.4 Å². The Labute approximate surface area is 172 Å². The minimum atomic E-state index is -4.71. The van der Waals surface area contributed by atoms with Crippen molar-refractivity contribution >= 4 is 11.6 Å². The summed E-state index contributed by atoms with van der Waals surface area (Å²) < 4.78 is 42.4. The van der Waals surface area contributed by atoms with Crippen molar-refractivity contribution in [2.75, 3.05) is 18.4 Å². The molecule has 1 N–H and O–H groups in total. The van der Waals surface area contributed by atoms with Crippen molar-refractivity contribution in [3.05, 3.63) is 77.6 Å². The number of hydrogen-bond acceptors (Lipinski definition) is 3. The maximum Gasteiger partial charge on any atom is 0.434 e. The van der Waals surface area contributed by atoms with Crippen LogP contribution in [0.5, 0.6) is 0 Å². The van der Waals surface area contributed by atoms with Gasteiger partial charge >= 0.3 is 6.18 Å². The SMILES string of the molecule is Cc1ccc(-n2ncc(C(=O)N3CCC(Nc4ccccc4)C3)c2C(F)(F)F)cc1. The van der Waals surface area contributed by atoms with Crippen molar-refractivity contribution in [1.82, 2.24) is 14.7 Å². The fourth-order valence-electron chi connectivity index (χ4n) is 3.66. The zero-order chi connectivity index (χ0) is 21.3. The lowest BCUT2D eigenvalue weighted by Crippen LogP contribution is -2.33. The molecule has 1 aromatic heterocycles. The lowest BCUT2D eigenvalue weighted by molar-refractivity contribution is -0.143. The Kier molecular flexibility index (Phi) is 5.24. The topological polar surface area (TPSA) is 50.2 Å². The van der Waals surface area contributed by atoms with Crippen molar-refractivity contribution in [3.8, 4) is 5.69 Å². The number of hydrogen-bond donors (Lipinski definition) is 1. The normalized spacial score (nSPS) is 16.7. The molecule has 1 amide bonds. The number of benzene rings is 2. The largest absolute Gasteiger partial charge is 0.434 e. The van der Waals surface area contributed by atoms with Crippen LogP contribution >= 0.6 is 0 Å². The van der Waals surface area contributed by atoms with Gasteiger partial charge in [-0.3, -0.25) is 4.79 Å². The number of anilines is 1. The van der Waals surface area contributed by atoms with Crippen LogP contribution < -0.4 is 5.32 Å². The van der Waals surface area contributed by atoms with Crippen LogP contribution in [0, 0.1) is 6.92 Å². The number of nitrogens with zero attached hydrogens (tertiary/aromatic N) is 3. The molecule has 8 heteroatoms. The molecule has 1 saturated heterocycles. The van der Waals surface area contributed by atoms with Gasteiger partial charge in [-0.05, 0) is 37.6 Å². The van der Waals surface area contributed by atoms with Crippen molar-refractivity contribution < 1.29 is 18.0 Å². The first-order valence-corrected chi connectivity index (χ1v) is 9.66. The van der Waals surface area contributed by atoms with Crippen molar-refractivity contribution in [1.29, 1.82) is 0 Å². The van der Waals surface area contributed by atoms with Gasteiger partial charge < -0.3 is 10.2 Å². The number of aryl methyl sites for hydroxylation is 1. The second-order valence-corrected chi connectivity index (χ2v) is 7.40. The molecule has 4 rings (SSSR count). The Morgan fingerprint density at radius 3 is 2.47 bits per heavy atom. The standard InChI is InChI=1S/C22H21F3N4O/c1-15-7-9-18(10-8-15)29-20(22(23,24)25)19(13-26-29)21(30)28-12-11-17(14-28)27-16-5-3-2-4-6-16/h2-10,13,17,27H,11-12,14H2,1H3. The van der Waals surface area contributed by atoms with Crippen molar-refractivity contribution in [2.45, 2.75) is 25.6 Å². The van der Waals surface area contributed by atoms with E-state index in [9.17, 15) is 18.0 Å². The quantitative estimate of drug-likeness (QED) is 0.683. The van der Waals surface area contributed by atoms with E-state index >= 15 is 0 Å². The summed E-state index contributed by atoms with van der Waals surface area (Å²) in [7, 11) is 0. The van der Waals surface area contributed by atoms with E-state index in [-0.39, 0.29) is 11.7 Å². The molecule has 0 aliphatic carbocycles. The van der Waals surface area contributed by atoms with E-state index in [4.69, 9.17) is 0 Å². The zero-order valence-corrected chi connectivity index (χ0v) is 16.4. The van der Waals surface area contributed by atoms with Crippen LogP contribution in [0.4, 0.5) is 18.9 Å². The van der Waals surface area contributed by atoms with E-state index in [1.807, 2.05) is 37.3 Å². The van der Waals surface area contributed by atoms with Gasteiger partial charge in [0.15, 0.2) is 5.69 Å². The van der Waals surface area contributed by atoms with Crippen molar-refractivity contribution in [2.24, 2.45) is 0 Å². The zero-order valence-electron chi connectivity index (χ0n) is 16.4. The van der Waals surface area contributed by atoms with Gasteiger partial charge in [0, 0.05) is 24.8 Å². The second-order valence-electron chi connectivity index (χ2n) is 7.40. The average molecular weight is 414 g/mol. The minimum Gasteiger partial charge on any atom is -0.380 e. The highest BCUT2D eigenvalue weighted by atomic mass is 19.4. The molecule has 2 aromatic carbocycles. The Bertz CT molecular complexity index is 1030. The van der Waals surface area contributed by atoms with Crippen LogP contribution in [0.15, 0.2) is 60.8 Å². The first-order valence-electron chi connectivity index (χ1n) is 9.66. The third-order valence-corrected chi connectivity index (χ3v) is 5.17. The molecule has 1 unspecified atom stereocenters. The van der Waals surface area contributed by atoms with Gasteiger partial charge in [-0.25, -0.2) is 4.68 Å². The summed E-state index contributed by atoms with van der Waals surface area (Å²) in [5, 5.41) is 7.22. The van der Waals surface area contributed by atoms with E-state index < -0.39 is 23.3 Å². The first-order chi connectivity index (χ1) is 14.3. The number of carbonyl (C=O) groups excluding carboxylic acids is 1. The van der Waals surface area contributed by atoms with Crippen LogP contribution in [-0.4, -0.2) is 39.7 Å². The molecule has 0 radical (unpaired) electrons. The van der Waals surface area contributed by atoms with Crippen LogP contribution in [0.3, 0.4) is 0 Å². The number of halogens is 3. The number of alkyl halides is 3. The summed E-state index contributed by atoms with van der Waals surface area (Å²) >= 11 is 0. The highest BCUT2D eigenvalue weighted by Gasteiger charge is 2.42. The maximum absolute atomic E-state index is 13.9. The van der Waals surface area contributed by atoms with E-state index in [0.29, 0.717) is 19.5 Å². The number of carbonyl (C=O) groups is 1. The molecule has 0 bridgehead atoms. The molecule has 5 nitrogen and oxygen atoms in total. The van der Waals surface area contributed by atoms with Gasteiger partial charge in [-0.15, -0.1) is 0 Å². The van der Waals surface area contributed by atoms with Crippen LogP contribution in [0.2, 0.25) is 0 Å². The average Bonchev–Trinajstić information content (AvgIpc) is 3.36. The lowest BCUT2D eigenvalue weighted by atomic mass is 10.2. The highest BCUT2D eigenvalue weighted by Crippen LogP contribution is 2.34. The molecular weight excluding hydrogens is 393 g/mol. The molecule has 156 valence electrons. The fourth-order valence-corrected chi connectivity index (χ4v) is 3.66. The Morgan fingerprint density at radius 2 is 1.80 bits per heavy atom. The molecule has 1 atom stereocenters. The second kappa shape index (κ2) is 7.85. The number of rotatable bonds is 4. The van der Waals surface area contributed by atoms with Crippen LogP contribution in [-0.2, 0) is 6.18 Å². The summed E-state index contributed by atoms with van der Waals surface area (Å²) in [5.41, 5.74) is 0.626. The molecule has 0 saturated carbocycles. The summed E-state index contributed by atoms with van der Waals surface area (Å²) in [5.74, 6) is -0.655. The molecule has 1 aliphatic rings. The predicted octanol–water partition coefficient (Wildman–Crippen LogP) is 4.53. The van der Waals surface area contributed by atoms with Crippen LogP contribution in [0.1, 0.15) is 28.0 Å². The molecule has 1 aliphatic heterocycles. The van der Waals surface area contributed by atoms with Crippen molar-refractivity contribution in [3.63, 3.8) is 0 Å². The monoisotopic (exact) mass is 414 g/mol. The Balaban J connectivity index is 1.58. The summed E-state index contributed by atoms with van der Waals surface area (Å²) in [6.45, 7) is 2.57. The molecule has 2 heterocycles. The van der Waals surface area contributed by atoms with Gasteiger partial charge in [0.1, 0.15) is 0 Å². The summed E-state index contributed by atoms with van der Waals surface area (Å²) in [6.07, 6.45) is -3.04. The highest BCUT2D eigenvalue weighted by molar-refractivity contribution is 5.95. The number of amides is 1. The molecule has 0 spiro atoms. The van der Waals surface area contributed by atoms with Crippen LogP contribution in [0.25, 0.3) is 5.69 Å². The van der Waals surface area contributed by atoms with E-state index in [1.54, 1.807) is 24.3 Å². The minimum absolute atomic E-state index is 0.0159. The van der Waals surface area contributed by atoms with Gasteiger partial charge in [-0.1, -0.05) is 35.9 Å². The number of nitrogens with one attached hydrogen (secondary N) is 1. The maximum atomic E-state index is 13.9. The lowest BCUT2D eigenvalue weighted by Gasteiger charge is -2.19. The van der Waals surface area contributed by atoms with Gasteiger partial charge in [0.2, 0.25) is 0 Å². The number of likely N-dealkylation sites (tertiary alicyclic amines) is 1. The summed E-state index contributed by atoms with van der Waals surface area (Å²) in [4.78, 5) is 14.4. The van der Waals surface area contributed by atoms with E-state index in [0.717, 1.165) is 22.1 Å². The number of para-hydroxylation sites is 1. The Hall–Kier alpha value is -3.29. The third-order valence-electron chi connectivity index (χ3n) is 5.17. The molecule has 30 heavy (non-hydrogen) atoms. The molecule has 1 fully saturated rings. The van der Waals surface area contributed by atoms with Gasteiger partial charge in [-0.2, -0.15) is 18.3 Å². The van der Waals surface area contributed by atoms with E-state index in [2.05, 4.69) is 10.4 Å². The first kappa shape index (κ1) is 20.0. The predicted molar refractivity (Wildman–Crippen MR) is 108 cm³/mol. The third kappa shape index (κ3) is 4.03. The Morgan fingerprint density at radius 1 is 1.10 bits per heavy atom.